The molecule has 3 aliphatic rings. The average molecular weight is 448 g/mol. The standard InChI is InChI=1S/C25H25N3O3S/c29-22-7-6-20(26-22)25(31)27-10-8-21-17(14-27)12-19(24(30)28(21)13-15-4-5-15)18-3-1-2-16-9-11-32-23(16)18/h1-3,9,11-12,15,20H,4-8,10,13-14H2,(H,26,29)/t20-/m0/s1. The van der Waals surface area contributed by atoms with Crippen molar-refractivity contribution in [3.05, 3.63) is 57.3 Å². The molecule has 4 heterocycles. The van der Waals surface area contributed by atoms with Gasteiger partial charge in [0.2, 0.25) is 11.8 Å². The predicted molar refractivity (Wildman–Crippen MR) is 125 cm³/mol. The second kappa shape index (κ2) is 7.59. The summed E-state index contributed by atoms with van der Waals surface area (Å²) in [6.07, 6.45) is 4.01. The molecule has 3 aromatic rings. The molecule has 0 unspecified atom stereocenters. The molecule has 2 aromatic heterocycles. The smallest absolute Gasteiger partial charge is 0.258 e. The summed E-state index contributed by atoms with van der Waals surface area (Å²) in [6.45, 7) is 1.84. The molecule has 7 heteroatoms. The number of thiophene rings is 1. The van der Waals surface area contributed by atoms with Crippen LogP contribution in [0.2, 0.25) is 0 Å². The van der Waals surface area contributed by atoms with E-state index in [0.717, 1.165) is 39.0 Å². The molecule has 2 aliphatic heterocycles. The van der Waals surface area contributed by atoms with Crippen LogP contribution in [0.4, 0.5) is 0 Å². The van der Waals surface area contributed by atoms with Crippen molar-refractivity contribution in [1.29, 1.82) is 0 Å². The first kappa shape index (κ1) is 19.7. The van der Waals surface area contributed by atoms with Crippen LogP contribution >= 0.6 is 11.3 Å². The van der Waals surface area contributed by atoms with Gasteiger partial charge in [-0.1, -0.05) is 18.2 Å². The Bertz CT molecular complexity index is 1300. The fourth-order valence-corrected chi connectivity index (χ4v) is 6.00. The molecule has 164 valence electrons. The zero-order valence-electron chi connectivity index (χ0n) is 17.8. The second-order valence-electron chi connectivity index (χ2n) is 9.20. The van der Waals surface area contributed by atoms with Crippen molar-refractivity contribution < 1.29 is 9.59 Å². The summed E-state index contributed by atoms with van der Waals surface area (Å²) < 4.78 is 3.12. The highest BCUT2D eigenvalue weighted by Gasteiger charge is 2.34. The van der Waals surface area contributed by atoms with Crippen LogP contribution in [0, 0.1) is 5.92 Å². The molecule has 1 saturated carbocycles. The molecule has 6 rings (SSSR count). The van der Waals surface area contributed by atoms with E-state index in [1.165, 1.54) is 12.8 Å². The van der Waals surface area contributed by atoms with Crippen molar-refractivity contribution in [2.45, 2.75) is 51.2 Å². The molecule has 2 amide bonds. The highest BCUT2D eigenvalue weighted by atomic mass is 32.1. The first-order valence-electron chi connectivity index (χ1n) is 11.4. The number of nitrogens with zero attached hydrogens (tertiary/aromatic N) is 2. The maximum absolute atomic E-state index is 13.7. The van der Waals surface area contributed by atoms with Gasteiger partial charge in [0.05, 0.1) is 0 Å². The number of hydrogen-bond donors (Lipinski definition) is 1. The van der Waals surface area contributed by atoms with Gasteiger partial charge in [-0.05, 0) is 53.6 Å². The minimum Gasteiger partial charge on any atom is -0.344 e. The number of rotatable bonds is 4. The van der Waals surface area contributed by atoms with Crippen LogP contribution in [0.25, 0.3) is 21.2 Å². The Morgan fingerprint density at radius 2 is 1.97 bits per heavy atom. The number of nitrogens with one attached hydrogen (secondary N) is 1. The fraction of sp³-hybridized carbons (Fsp3) is 0.400. The van der Waals surface area contributed by atoms with Gasteiger partial charge in [-0.15, -0.1) is 11.3 Å². The minimum atomic E-state index is -0.416. The van der Waals surface area contributed by atoms with Crippen molar-refractivity contribution in [1.82, 2.24) is 14.8 Å². The lowest BCUT2D eigenvalue weighted by Gasteiger charge is -2.32. The maximum atomic E-state index is 13.7. The normalized spacial score (nSPS) is 20.4. The predicted octanol–water partition coefficient (Wildman–Crippen LogP) is 3.30. The zero-order chi connectivity index (χ0) is 21.8. The van der Waals surface area contributed by atoms with Crippen molar-refractivity contribution >= 4 is 33.2 Å². The lowest BCUT2D eigenvalue weighted by Crippen LogP contribution is -2.47. The summed E-state index contributed by atoms with van der Waals surface area (Å²) in [5.74, 6) is 0.520. The number of benzene rings is 1. The van der Waals surface area contributed by atoms with Gasteiger partial charge in [0, 0.05) is 54.0 Å². The quantitative estimate of drug-likeness (QED) is 0.667. The maximum Gasteiger partial charge on any atom is 0.258 e. The van der Waals surface area contributed by atoms with Crippen LogP contribution in [0.1, 0.15) is 36.9 Å². The lowest BCUT2D eigenvalue weighted by atomic mass is 9.97. The molecule has 2 fully saturated rings. The van der Waals surface area contributed by atoms with E-state index in [1.54, 1.807) is 11.3 Å². The summed E-state index contributed by atoms with van der Waals surface area (Å²) in [5.41, 5.74) is 3.91. The van der Waals surface area contributed by atoms with Crippen LogP contribution in [0.15, 0.2) is 40.5 Å². The molecular formula is C25H25N3O3S. The Morgan fingerprint density at radius 3 is 2.75 bits per heavy atom. The van der Waals surface area contributed by atoms with Gasteiger partial charge < -0.3 is 14.8 Å². The Morgan fingerprint density at radius 1 is 1.09 bits per heavy atom. The number of aromatic nitrogens is 1. The summed E-state index contributed by atoms with van der Waals surface area (Å²) in [7, 11) is 0. The summed E-state index contributed by atoms with van der Waals surface area (Å²) >= 11 is 1.66. The average Bonchev–Trinajstić information content (AvgIpc) is 3.30. The van der Waals surface area contributed by atoms with Crippen LogP contribution < -0.4 is 10.9 Å². The van der Waals surface area contributed by atoms with E-state index in [4.69, 9.17) is 0 Å². The third-order valence-electron chi connectivity index (χ3n) is 6.98. The van der Waals surface area contributed by atoms with E-state index in [-0.39, 0.29) is 17.4 Å². The third kappa shape index (κ3) is 3.35. The van der Waals surface area contributed by atoms with Crippen LogP contribution in [-0.2, 0) is 29.1 Å². The van der Waals surface area contributed by atoms with E-state index in [9.17, 15) is 14.4 Å². The number of pyridine rings is 1. The highest BCUT2D eigenvalue weighted by Crippen LogP contribution is 2.35. The van der Waals surface area contributed by atoms with Crippen LogP contribution in [0.5, 0.6) is 0 Å². The molecule has 1 aromatic carbocycles. The summed E-state index contributed by atoms with van der Waals surface area (Å²) in [4.78, 5) is 40.1. The van der Waals surface area contributed by atoms with Gasteiger partial charge in [-0.3, -0.25) is 14.4 Å². The number of carbonyl (C=O) groups is 2. The number of carbonyl (C=O) groups excluding carboxylic acids is 2. The largest absolute Gasteiger partial charge is 0.344 e. The first-order valence-corrected chi connectivity index (χ1v) is 12.3. The zero-order valence-corrected chi connectivity index (χ0v) is 18.6. The van der Waals surface area contributed by atoms with E-state index in [1.807, 2.05) is 27.7 Å². The van der Waals surface area contributed by atoms with Crippen molar-refractivity contribution in [2.75, 3.05) is 6.54 Å². The number of fused-ring (bicyclic) bond motifs is 2. The first-order chi connectivity index (χ1) is 15.6. The summed E-state index contributed by atoms with van der Waals surface area (Å²) in [6, 6.07) is 9.80. The van der Waals surface area contributed by atoms with Gasteiger partial charge >= 0.3 is 0 Å². The Kier molecular flexibility index (Phi) is 4.68. The van der Waals surface area contributed by atoms with E-state index in [2.05, 4.69) is 22.8 Å². The van der Waals surface area contributed by atoms with Gasteiger partial charge in [0.15, 0.2) is 0 Å². The minimum absolute atomic E-state index is 0.0108. The second-order valence-corrected chi connectivity index (χ2v) is 10.1. The van der Waals surface area contributed by atoms with Crippen LogP contribution in [0.3, 0.4) is 0 Å². The van der Waals surface area contributed by atoms with Crippen molar-refractivity contribution in [3.63, 3.8) is 0 Å². The molecule has 6 nitrogen and oxygen atoms in total. The molecule has 0 radical (unpaired) electrons. The molecule has 0 bridgehead atoms. The van der Waals surface area contributed by atoms with E-state index in [0.29, 0.717) is 38.3 Å². The van der Waals surface area contributed by atoms with Crippen LogP contribution in [-0.4, -0.2) is 33.9 Å². The van der Waals surface area contributed by atoms with Gasteiger partial charge in [0.25, 0.3) is 5.56 Å². The molecule has 1 atom stereocenters. The molecular weight excluding hydrogens is 422 g/mol. The third-order valence-corrected chi connectivity index (χ3v) is 7.95. The Labute approximate surface area is 189 Å². The van der Waals surface area contributed by atoms with E-state index >= 15 is 0 Å². The van der Waals surface area contributed by atoms with Crippen molar-refractivity contribution in [2.24, 2.45) is 5.92 Å². The number of amides is 2. The monoisotopic (exact) mass is 447 g/mol. The SMILES string of the molecule is O=C1CC[C@@H](C(=O)N2CCc3c(cc(-c4cccc5ccsc45)c(=O)n3CC3CC3)C2)N1. The molecule has 1 aliphatic carbocycles. The highest BCUT2D eigenvalue weighted by molar-refractivity contribution is 7.17. The van der Waals surface area contributed by atoms with Gasteiger partial charge in [-0.2, -0.15) is 0 Å². The molecule has 0 spiro atoms. The topological polar surface area (TPSA) is 71.4 Å². The van der Waals surface area contributed by atoms with Gasteiger partial charge in [0.1, 0.15) is 6.04 Å². The molecule has 32 heavy (non-hydrogen) atoms. The van der Waals surface area contributed by atoms with E-state index < -0.39 is 6.04 Å². The number of hydrogen-bond acceptors (Lipinski definition) is 4. The Balaban J connectivity index is 1.43. The van der Waals surface area contributed by atoms with Gasteiger partial charge in [-0.25, -0.2) is 0 Å². The lowest BCUT2D eigenvalue weighted by molar-refractivity contribution is -0.135. The fourth-order valence-electron chi connectivity index (χ4n) is 5.08. The Hall–Kier alpha value is -2.93. The molecule has 1 N–H and O–H groups in total. The molecule has 1 saturated heterocycles. The summed E-state index contributed by atoms with van der Waals surface area (Å²) in [5, 5.41) is 6.01. The van der Waals surface area contributed by atoms with Crippen molar-refractivity contribution in [3.8, 4) is 11.1 Å².